The predicted octanol–water partition coefficient (Wildman–Crippen LogP) is 2.74. The first-order chi connectivity index (χ1) is 10.3. The van der Waals surface area contributed by atoms with E-state index in [1.165, 1.54) is 29.8 Å². The minimum atomic E-state index is 0.209. The maximum absolute atomic E-state index is 12.5. The van der Waals surface area contributed by atoms with E-state index in [2.05, 4.69) is 15.6 Å². The summed E-state index contributed by atoms with van der Waals surface area (Å²) in [5.74, 6) is 0.434. The molecule has 1 unspecified atom stereocenters. The summed E-state index contributed by atoms with van der Waals surface area (Å²) in [7, 11) is 0. The first-order valence-electron chi connectivity index (χ1n) is 8.27. The van der Waals surface area contributed by atoms with Crippen LogP contribution in [0.4, 0.5) is 5.13 Å². The number of piperidine rings is 1. The van der Waals surface area contributed by atoms with Gasteiger partial charge in [0, 0.05) is 10.8 Å². The number of nitrogens with one attached hydrogen (secondary N) is 2. The van der Waals surface area contributed by atoms with Crippen LogP contribution in [-0.4, -0.2) is 24.0 Å². The summed E-state index contributed by atoms with van der Waals surface area (Å²) in [5, 5.41) is 7.32. The number of aryl methyl sites for hydroxylation is 2. The molecular formula is C16H23N3OS. The van der Waals surface area contributed by atoms with Crippen molar-refractivity contribution < 1.29 is 4.79 Å². The standard InChI is InChI=1S/C16H23N3OS/c20-14(11-10-16(11)6-8-17-9-7-16)19-15-18-12-4-2-1-3-5-13(12)21-15/h11,17H,1-10H2,(H,18,19,20). The third-order valence-corrected chi connectivity index (χ3v) is 6.50. The maximum atomic E-state index is 12.5. The average Bonchev–Trinajstić information content (AvgIpc) is 3.12. The molecule has 1 aliphatic heterocycles. The fourth-order valence-corrected chi connectivity index (χ4v) is 5.02. The summed E-state index contributed by atoms with van der Waals surface area (Å²) in [4.78, 5) is 18.5. The molecule has 0 radical (unpaired) electrons. The van der Waals surface area contributed by atoms with Crippen molar-refractivity contribution in [1.29, 1.82) is 0 Å². The molecule has 1 aromatic heterocycles. The Kier molecular flexibility index (Phi) is 3.50. The minimum Gasteiger partial charge on any atom is -0.317 e. The lowest BCUT2D eigenvalue weighted by atomic mass is 9.92. The molecule has 2 heterocycles. The van der Waals surface area contributed by atoms with Gasteiger partial charge in [-0.05, 0) is 63.5 Å². The zero-order valence-corrected chi connectivity index (χ0v) is 13.2. The van der Waals surface area contributed by atoms with Crippen molar-refractivity contribution >= 4 is 22.4 Å². The second-order valence-electron chi connectivity index (χ2n) is 6.81. The van der Waals surface area contributed by atoms with E-state index in [-0.39, 0.29) is 11.8 Å². The summed E-state index contributed by atoms with van der Waals surface area (Å²) in [6, 6.07) is 0. The Morgan fingerprint density at radius 1 is 1.24 bits per heavy atom. The van der Waals surface area contributed by atoms with E-state index in [0.717, 1.165) is 50.3 Å². The molecule has 1 saturated carbocycles. The van der Waals surface area contributed by atoms with Crippen molar-refractivity contribution in [3.05, 3.63) is 10.6 Å². The molecule has 0 aromatic carbocycles. The van der Waals surface area contributed by atoms with Gasteiger partial charge in [-0.25, -0.2) is 4.98 Å². The molecule has 21 heavy (non-hydrogen) atoms. The van der Waals surface area contributed by atoms with Crippen molar-refractivity contribution in [2.45, 2.75) is 51.4 Å². The highest BCUT2D eigenvalue weighted by atomic mass is 32.1. The van der Waals surface area contributed by atoms with Crippen LogP contribution in [0.1, 0.15) is 49.1 Å². The molecule has 1 atom stereocenters. The topological polar surface area (TPSA) is 54.0 Å². The van der Waals surface area contributed by atoms with Gasteiger partial charge in [-0.3, -0.25) is 4.79 Å². The maximum Gasteiger partial charge on any atom is 0.229 e. The monoisotopic (exact) mass is 305 g/mol. The Bertz CT molecular complexity index is 524. The lowest BCUT2D eigenvalue weighted by Gasteiger charge is -2.22. The van der Waals surface area contributed by atoms with E-state index in [0.29, 0.717) is 5.41 Å². The van der Waals surface area contributed by atoms with Crippen LogP contribution in [0.15, 0.2) is 0 Å². The minimum absolute atomic E-state index is 0.209. The van der Waals surface area contributed by atoms with Gasteiger partial charge in [-0.2, -0.15) is 0 Å². The van der Waals surface area contributed by atoms with E-state index in [9.17, 15) is 4.79 Å². The predicted molar refractivity (Wildman–Crippen MR) is 84.6 cm³/mol. The van der Waals surface area contributed by atoms with Gasteiger partial charge >= 0.3 is 0 Å². The molecule has 5 heteroatoms. The van der Waals surface area contributed by atoms with Crippen molar-refractivity contribution in [2.24, 2.45) is 11.3 Å². The second kappa shape index (κ2) is 5.36. The summed E-state index contributed by atoms with van der Waals surface area (Å²) in [5.41, 5.74) is 1.55. The Morgan fingerprint density at radius 2 is 2.05 bits per heavy atom. The zero-order chi connectivity index (χ0) is 14.3. The number of carbonyl (C=O) groups excluding carboxylic acids is 1. The lowest BCUT2D eigenvalue weighted by molar-refractivity contribution is -0.118. The van der Waals surface area contributed by atoms with Gasteiger partial charge in [0.2, 0.25) is 5.91 Å². The third-order valence-electron chi connectivity index (χ3n) is 5.43. The number of aromatic nitrogens is 1. The van der Waals surface area contributed by atoms with Crippen molar-refractivity contribution in [2.75, 3.05) is 18.4 Å². The van der Waals surface area contributed by atoms with Crippen LogP contribution in [0.25, 0.3) is 0 Å². The van der Waals surface area contributed by atoms with Crippen LogP contribution < -0.4 is 10.6 Å². The van der Waals surface area contributed by atoms with Crippen LogP contribution in [0, 0.1) is 11.3 Å². The Labute approximate surface area is 129 Å². The average molecular weight is 305 g/mol. The van der Waals surface area contributed by atoms with Crippen LogP contribution in [0.2, 0.25) is 0 Å². The van der Waals surface area contributed by atoms with Gasteiger partial charge in [0.15, 0.2) is 5.13 Å². The summed E-state index contributed by atoms with van der Waals surface area (Å²) in [6.07, 6.45) is 9.42. The van der Waals surface area contributed by atoms with Crippen molar-refractivity contribution in [3.8, 4) is 0 Å². The highest BCUT2D eigenvalue weighted by molar-refractivity contribution is 7.15. The Balaban J connectivity index is 1.41. The summed E-state index contributed by atoms with van der Waals surface area (Å²) in [6.45, 7) is 2.13. The molecule has 1 amide bonds. The molecule has 0 bridgehead atoms. The van der Waals surface area contributed by atoms with E-state index >= 15 is 0 Å². The Morgan fingerprint density at radius 3 is 2.90 bits per heavy atom. The number of amides is 1. The van der Waals surface area contributed by atoms with Gasteiger partial charge in [-0.15, -0.1) is 11.3 Å². The van der Waals surface area contributed by atoms with E-state index in [4.69, 9.17) is 0 Å². The van der Waals surface area contributed by atoms with Crippen molar-refractivity contribution in [1.82, 2.24) is 10.3 Å². The number of carbonyl (C=O) groups is 1. The molecule has 2 fully saturated rings. The summed E-state index contributed by atoms with van der Waals surface area (Å²) < 4.78 is 0. The molecule has 1 saturated heterocycles. The molecule has 3 aliphatic rings. The highest BCUT2D eigenvalue weighted by Crippen LogP contribution is 2.58. The molecule has 2 N–H and O–H groups in total. The normalized spacial score (nSPS) is 27.0. The SMILES string of the molecule is O=C(Nc1nc2c(s1)CCCCC2)C1CC12CCNCC2. The van der Waals surface area contributed by atoms with Gasteiger partial charge in [0.25, 0.3) is 0 Å². The number of rotatable bonds is 2. The number of thiazole rings is 1. The Hall–Kier alpha value is -0.940. The first kappa shape index (κ1) is 13.7. The van der Waals surface area contributed by atoms with Gasteiger partial charge < -0.3 is 10.6 Å². The largest absolute Gasteiger partial charge is 0.317 e. The smallest absolute Gasteiger partial charge is 0.229 e. The van der Waals surface area contributed by atoms with E-state index < -0.39 is 0 Å². The molecule has 1 aromatic rings. The van der Waals surface area contributed by atoms with Crippen LogP contribution >= 0.6 is 11.3 Å². The van der Waals surface area contributed by atoms with Crippen LogP contribution in [0.5, 0.6) is 0 Å². The lowest BCUT2D eigenvalue weighted by Crippen LogP contribution is -2.31. The fraction of sp³-hybridized carbons (Fsp3) is 0.750. The van der Waals surface area contributed by atoms with Gasteiger partial charge in [0.05, 0.1) is 5.69 Å². The van der Waals surface area contributed by atoms with Gasteiger partial charge in [0.1, 0.15) is 0 Å². The zero-order valence-electron chi connectivity index (χ0n) is 12.4. The van der Waals surface area contributed by atoms with Crippen LogP contribution in [-0.2, 0) is 17.6 Å². The molecule has 4 rings (SSSR count). The van der Waals surface area contributed by atoms with Gasteiger partial charge in [-0.1, -0.05) is 6.42 Å². The highest BCUT2D eigenvalue weighted by Gasteiger charge is 2.57. The number of anilines is 1. The fourth-order valence-electron chi connectivity index (χ4n) is 3.97. The second-order valence-corrected chi connectivity index (χ2v) is 7.89. The molecule has 1 spiro atoms. The first-order valence-corrected chi connectivity index (χ1v) is 9.09. The quantitative estimate of drug-likeness (QED) is 0.826. The van der Waals surface area contributed by atoms with E-state index in [1.54, 1.807) is 11.3 Å². The molecule has 2 aliphatic carbocycles. The third kappa shape index (κ3) is 2.61. The summed E-state index contributed by atoms with van der Waals surface area (Å²) >= 11 is 1.70. The number of fused-ring (bicyclic) bond motifs is 1. The molecular weight excluding hydrogens is 282 g/mol. The number of hydrogen-bond donors (Lipinski definition) is 2. The molecule has 114 valence electrons. The number of hydrogen-bond acceptors (Lipinski definition) is 4. The van der Waals surface area contributed by atoms with Crippen molar-refractivity contribution in [3.63, 3.8) is 0 Å². The van der Waals surface area contributed by atoms with Crippen LogP contribution in [0.3, 0.4) is 0 Å². The number of nitrogens with zero attached hydrogens (tertiary/aromatic N) is 1. The van der Waals surface area contributed by atoms with E-state index in [1.807, 2.05) is 0 Å². The molecule has 4 nitrogen and oxygen atoms in total.